The Bertz CT molecular complexity index is 2410. The van der Waals surface area contributed by atoms with Crippen molar-refractivity contribution < 1.29 is 4.74 Å². The molecular formula is C41H29N3OS. The van der Waals surface area contributed by atoms with E-state index in [0.29, 0.717) is 0 Å². The summed E-state index contributed by atoms with van der Waals surface area (Å²) in [5.41, 5.74) is 11.5. The Morgan fingerprint density at radius 1 is 0.739 bits per heavy atom. The maximum Gasteiger partial charge on any atom is 0.137 e. The van der Waals surface area contributed by atoms with Gasteiger partial charge in [0, 0.05) is 34.2 Å². The van der Waals surface area contributed by atoms with Crippen LogP contribution < -0.4 is 4.74 Å². The first-order chi connectivity index (χ1) is 22.8. The first-order valence-electron chi connectivity index (χ1n) is 16.0. The molecule has 1 atom stereocenters. The predicted molar refractivity (Wildman–Crippen MR) is 188 cm³/mol. The Morgan fingerprint density at radius 3 is 2.54 bits per heavy atom. The Labute approximate surface area is 271 Å². The van der Waals surface area contributed by atoms with Crippen LogP contribution in [0.15, 0.2) is 127 Å². The van der Waals surface area contributed by atoms with Crippen molar-refractivity contribution in [3.05, 3.63) is 149 Å². The molecule has 0 aliphatic heterocycles. The normalized spacial score (nSPS) is 18.0. The molecular weight excluding hydrogens is 583 g/mol. The smallest absolute Gasteiger partial charge is 0.137 e. The molecule has 0 saturated heterocycles. The molecule has 5 heteroatoms. The molecule has 4 nitrogen and oxygen atoms in total. The summed E-state index contributed by atoms with van der Waals surface area (Å²) in [4.78, 5) is 5.95. The van der Waals surface area contributed by atoms with Gasteiger partial charge in [-0.05, 0) is 108 Å². The molecule has 0 amide bonds. The van der Waals surface area contributed by atoms with E-state index >= 15 is 0 Å². The van der Waals surface area contributed by atoms with Crippen molar-refractivity contribution in [1.29, 1.82) is 0 Å². The lowest BCUT2D eigenvalue weighted by molar-refractivity contribution is 0.483. The molecule has 1 spiro atoms. The minimum absolute atomic E-state index is 0.217. The van der Waals surface area contributed by atoms with Crippen LogP contribution in [0.25, 0.3) is 50.5 Å². The van der Waals surface area contributed by atoms with E-state index in [1.165, 1.54) is 45.2 Å². The number of aromatic nitrogens is 3. The number of benzene rings is 4. The van der Waals surface area contributed by atoms with Gasteiger partial charge in [-0.2, -0.15) is 4.37 Å². The van der Waals surface area contributed by atoms with Crippen LogP contribution in [0.4, 0.5) is 0 Å². The maximum atomic E-state index is 6.61. The Kier molecular flexibility index (Phi) is 5.58. The first-order valence-corrected chi connectivity index (χ1v) is 16.8. The van der Waals surface area contributed by atoms with Crippen LogP contribution in [0, 0.1) is 0 Å². The molecule has 7 aromatic rings. The molecule has 3 heterocycles. The third-order valence-electron chi connectivity index (χ3n) is 10.1. The van der Waals surface area contributed by atoms with Gasteiger partial charge in [0.2, 0.25) is 0 Å². The molecule has 3 aliphatic carbocycles. The fourth-order valence-electron chi connectivity index (χ4n) is 8.23. The fourth-order valence-corrected chi connectivity index (χ4v) is 9.10. The van der Waals surface area contributed by atoms with E-state index in [-0.39, 0.29) is 5.41 Å². The number of fused-ring (bicyclic) bond motifs is 9. The molecule has 220 valence electrons. The van der Waals surface area contributed by atoms with Gasteiger partial charge in [-0.25, -0.2) is 4.98 Å². The molecule has 10 rings (SSSR count). The molecule has 0 radical (unpaired) electrons. The standard InChI is InChI=1S/C41H29N3OS/c1-4-15-33-29(12-1)30-13-2-5-16-34(30)41(33)22-21-37-39(41)40(43-46-37)26-10-9-11-27(24-26)45-28-19-20-32-31-14-3-6-17-35(31)44(36(32)25-28)38-18-7-8-23-42-38/h1,3-4,6-12,14-15,17-25H,2,5,13,16H2. The van der Waals surface area contributed by atoms with Gasteiger partial charge in [0.25, 0.3) is 0 Å². The Hall–Kier alpha value is -5.26. The zero-order valence-electron chi connectivity index (χ0n) is 25.1. The topological polar surface area (TPSA) is 39.9 Å². The van der Waals surface area contributed by atoms with Gasteiger partial charge in [0.1, 0.15) is 17.3 Å². The lowest BCUT2D eigenvalue weighted by atomic mass is 9.70. The third kappa shape index (κ3) is 3.60. The van der Waals surface area contributed by atoms with Gasteiger partial charge in [-0.1, -0.05) is 66.7 Å². The van der Waals surface area contributed by atoms with Crippen LogP contribution in [0.1, 0.15) is 47.3 Å². The minimum Gasteiger partial charge on any atom is -0.457 e. The van der Waals surface area contributed by atoms with Crippen LogP contribution >= 0.6 is 11.5 Å². The van der Waals surface area contributed by atoms with Crippen LogP contribution in [0.2, 0.25) is 0 Å². The van der Waals surface area contributed by atoms with Crippen LogP contribution in [0.3, 0.4) is 0 Å². The van der Waals surface area contributed by atoms with Crippen LogP contribution in [0.5, 0.6) is 11.5 Å². The van der Waals surface area contributed by atoms with Gasteiger partial charge < -0.3 is 4.74 Å². The predicted octanol–water partition coefficient (Wildman–Crippen LogP) is 10.7. The van der Waals surface area contributed by atoms with Crippen molar-refractivity contribution in [2.24, 2.45) is 0 Å². The highest BCUT2D eigenvalue weighted by Gasteiger charge is 2.50. The van der Waals surface area contributed by atoms with Crippen molar-refractivity contribution in [3.63, 3.8) is 0 Å². The van der Waals surface area contributed by atoms with Gasteiger partial charge in [0.05, 0.1) is 27.0 Å². The van der Waals surface area contributed by atoms with E-state index in [9.17, 15) is 0 Å². The maximum absolute atomic E-state index is 6.61. The van der Waals surface area contributed by atoms with E-state index in [1.54, 1.807) is 22.7 Å². The lowest BCUT2D eigenvalue weighted by Gasteiger charge is -2.31. The van der Waals surface area contributed by atoms with Gasteiger partial charge in [-0.3, -0.25) is 4.57 Å². The Balaban J connectivity index is 1.07. The summed E-state index contributed by atoms with van der Waals surface area (Å²) in [6.45, 7) is 0. The van der Waals surface area contributed by atoms with Crippen LogP contribution in [-0.4, -0.2) is 13.9 Å². The van der Waals surface area contributed by atoms with Crippen molar-refractivity contribution in [3.8, 4) is 28.6 Å². The van der Waals surface area contributed by atoms with E-state index in [4.69, 9.17) is 9.11 Å². The summed E-state index contributed by atoms with van der Waals surface area (Å²) in [6.07, 6.45) is 11.4. The Morgan fingerprint density at radius 2 is 1.59 bits per heavy atom. The third-order valence-corrected chi connectivity index (χ3v) is 10.9. The highest BCUT2D eigenvalue weighted by Crippen LogP contribution is 2.61. The number of rotatable bonds is 4. The summed E-state index contributed by atoms with van der Waals surface area (Å²) in [7, 11) is 0. The monoisotopic (exact) mass is 611 g/mol. The number of ether oxygens (including phenoxy) is 1. The summed E-state index contributed by atoms with van der Waals surface area (Å²) >= 11 is 1.61. The second kappa shape index (κ2) is 9.87. The minimum atomic E-state index is -0.217. The molecule has 0 fully saturated rings. The van der Waals surface area contributed by atoms with Crippen molar-refractivity contribution >= 4 is 45.0 Å². The second-order valence-corrected chi connectivity index (χ2v) is 13.3. The second-order valence-electron chi connectivity index (χ2n) is 12.5. The quantitative estimate of drug-likeness (QED) is 0.199. The lowest BCUT2D eigenvalue weighted by Crippen LogP contribution is -2.25. The average Bonchev–Trinajstić information content (AvgIpc) is 3.86. The first kappa shape index (κ1) is 26.0. The molecule has 0 N–H and O–H groups in total. The van der Waals surface area contributed by atoms with Gasteiger partial charge in [0.15, 0.2) is 0 Å². The summed E-state index contributed by atoms with van der Waals surface area (Å²) in [5.74, 6) is 2.47. The zero-order valence-corrected chi connectivity index (χ0v) is 25.9. The largest absolute Gasteiger partial charge is 0.457 e. The SMILES string of the molecule is C1=CC2(C3=C(CCCC3)c3ccccc32)c2c(-c3cccc(Oc4ccc5c6ccccc6n(-c6ccccn6)c5c4)c3)nsc21. The summed E-state index contributed by atoms with van der Waals surface area (Å²) < 4.78 is 13.9. The van der Waals surface area contributed by atoms with Crippen molar-refractivity contribution in [2.45, 2.75) is 31.1 Å². The molecule has 3 aromatic heterocycles. The molecule has 0 saturated carbocycles. The van der Waals surface area contributed by atoms with Gasteiger partial charge >= 0.3 is 0 Å². The molecule has 46 heavy (non-hydrogen) atoms. The van der Waals surface area contributed by atoms with Crippen LogP contribution in [-0.2, 0) is 5.41 Å². The number of hydrogen-bond donors (Lipinski definition) is 0. The number of nitrogens with zero attached hydrogens (tertiary/aromatic N) is 3. The molecule has 1 unspecified atom stereocenters. The van der Waals surface area contributed by atoms with E-state index in [2.05, 4.69) is 107 Å². The van der Waals surface area contributed by atoms with E-state index in [1.807, 2.05) is 30.5 Å². The summed E-state index contributed by atoms with van der Waals surface area (Å²) in [5, 5.41) is 2.37. The number of para-hydroxylation sites is 1. The molecule has 4 aromatic carbocycles. The zero-order chi connectivity index (χ0) is 30.2. The molecule has 0 bridgehead atoms. The highest BCUT2D eigenvalue weighted by atomic mass is 32.1. The number of allylic oxidation sites excluding steroid dienone is 3. The average molecular weight is 612 g/mol. The summed E-state index contributed by atoms with van der Waals surface area (Å²) in [6, 6.07) is 38.4. The van der Waals surface area contributed by atoms with Gasteiger partial charge in [-0.15, -0.1) is 0 Å². The van der Waals surface area contributed by atoms with E-state index in [0.717, 1.165) is 52.4 Å². The van der Waals surface area contributed by atoms with E-state index < -0.39 is 0 Å². The van der Waals surface area contributed by atoms with Crippen molar-refractivity contribution in [1.82, 2.24) is 13.9 Å². The molecule has 3 aliphatic rings. The number of hydrogen-bond acceptors (Lipinski definition) is 4. The van der Waals surface area contributed by atoms with Crippen molar-refractivity contribution in [2.75, 3.05) is 0 Å². The highest BCUT2D eigenvalue weighted by molar-refractivity contribution is 7.07. The number of pyridine rings is 1. The fraction of sp³-hybridized carbons (Fsp3) is 0.122.